The second-order valence-electron chi connectivity index (χ2n) is 4.01. The molecule has 0 radical (unpaired) electrons. The van der Waals surface area contributed by atoms with E-state index in [1.165, 1.54) is 6.07 Å². The Morgan fingerprint density at radius 2 is 1.60 bits per heavy atom. The van der Waals surface area contributed by atoms with Crippen LogP contribution < -0.4 is 14.2 Å². The highest BCUT2D eigenvalue weighted by molar-refractivity contribution is 9.08. The van der Waals surface area contributed by atoms with E-state index < -0.39 is 5.82 Å². The van der Waals surface area contributed by atoms with E-state index in [1.807, 2.05) is 0 Å². The van der Waals surface area contributed by atoms with E-state index in [4.69, 9.17) is 14.2 Å². The van der Waals surface area contributed by atoms with Crippen molar-refractivity contribution in [3.63, 3.8) is 0 Å². The Morgan fingerprint density at radius 1 is 1.00 bits per heavy atom. The van der Waals surface area contributed by atoms with Gasteiger partial charge >= 0.3 is 0 Å². The lowest BCUT2D eigenvalue weighted by Crippen LogP contribution is -1.95. The van der Waals surface area contributed by atoms with Crippen molar-refractivity contribution in [2.45, 2.75) is 5.33 Å². The molecule has 5 heteroatoms. The maximum atomic E-state index is 13.9. The third-order valence-corrected chi connectivity index (χ3v) is 3.34. The van der Waals surface area contributed by atoms with Gasteiger partial charge in [-0.25, -0.2) is 4.39 Å². The number of ether oxygens (including phenoxy) is 3. The van der Waals surface area contributed by atoms with E-state index >= 15 is 0 Å². The lowest BCUT2D eigenvalue weighted by atomic mass is 10.2. The molecule has 20 heavy (non-hydrogen) atoms. The van der Waals surface area contributed by atoms with Crippen molar-refractivity contribution in [1.82, 2.24) is 0 Å². The summed E-state index contributed by atoms with van der Waals surface area (Å²) in [5.41, 5.74) is 0.729. The lowest BCUT2D eigenvalue weighted by Gasteiger charge is -2.12. The molecule has 0 spiro atoms. The summed E-state index contributed by atoms with van der Waals surface area (Å²) in [6, 6.07) is 9.87. The van der Waals surface area contributed by atoms with Crippen LogP contribution in [0, 0.1) is 5.82 Å². The minimum Gasteiger partial charge on any atom is -0.496 e. The molecule has 2 aromatic rings. The maximum absolute atomic E-state index is 13.9. The fourth-order valence-electron chi connectivity index (χ4n) is 1.73. The van der Waals surface area contributed by atoms with Crippen molar-refractivity contribution in [2.24, 2.45) is 0 Å². The lowest BCUT2D eigenvalue weighted by molar-refractivity contribution is 0.383. The van der Waals surface area contributed by atoms with Crippen LogP contribution in [0.25, 0.3) is 0 Å². The van der Waals surface area contributed by atoms with Crippen LogP contribution >= 0.6 is 15.9 Å². The van der Waals surface area contributed by atoms with Gasteiger partial charge < -0.3 is 14.2 Å². The van der Waals surface area contributed by atoms with Crippen LogP contribution in [0.3, 0.4) is 0 Å². The highest BCUT2D eigenvalue weighted by Gasteiger charge is 2.11. The first-order chi connectivity index (χ1) is 9.67. The predicted octanol–water partition coefficient (Wildman–Crippen LogP) is 4.53. The molecule has 0 atom stereocenters. The number of benzene rings is 2. The van der Waals surface area contributed by atoms with Gasteiger partial charge in [0, 0.05) is 29.1 Å². The van der Waals surface area contributed by atoms with E-state index in [0.717, 1.165) is 5.56 Å². The topological polar surface area (TPSA) is 27.7 Å². The smallest absolute Gasteiger partial charge is 0.167 e. The SMILES string of the molecule is COc1cc(OC)cc(Oc2c(F)cccc2CBr)c1. The second kappa shape index (κ2) is 6.61. The second-order valence-corrected chi connectivity index (χ2v) is 4.57. The standard InChI is InChI=1S/C15H14BrFO3/c1-18-11-6-12(19-2)8-13(7-11)20-15-10(9-16)4-3-5-14(15)17/h3-8H,9H2,1-2H3. The minimum absolute atomic E-state index is 0.194. The highest BCUT2D eigenvalue weighted by Crippen LogP contribution is 2.34. The molecule has 0 N–H and O–H groups in total. The molecule has 0 fully saturated rings. The molecule has 0 saturated carbocycles. The van der Waals surface area contributed by atoms with E-state index in [9.17, 15) is 4.39 Å². The van der Waals surface area contributed by atoms with Crippen LogP contribution in [-0.2, 0) is 5.33 Å². The monoisotopic (exact) mass is 340 g/mol. The first kappa shape index (κ1) is 14.7. The fraction of sp³-hybridized carbons (Fsp3) is 0.200. The molecule has 0 aliphatic heterocycles. The van der Waals surface area contributed by atoms with Crippen molar-refractivity contribution >= 4 is 15.9 Å². The van der Waals surface area contributed by atoms with Crippen molar-refractivity contribution < 1.29 is 18.6 Å². The zero-order valence-corrected chi connectivity index (χ0v) is 12.7. The zero-order chi connectivity index (χ0) is 14.5. The molecule has 0 aliphatic rings. The third kappa shape index (κ3) is 3.22. The van der Waals surface area contributed by atoms with Crippen molar-refractivity contribution in [1.29, 1.82) is 0 Å². The van der Waals surface area contributed by atoms with Gasteiger partial charge in [-0.15, -0.1) is 0 Å². The van der Waals surface area contributed by atoms with Crippen molar-refractivity contribution in [3.05, 3.63) is 47.8 Å². The summed E-state index contributed by atoms with van der Waals surface area (Å²) in [6.07, 6.45) is 0. The summed E-state index contributed by atoms with van der Waals surface area (Å²) in [6.45, 7) is 0. The van der Waals surface area contributed by atoms with E-state index in [-0.39, 0.29) is 5.75 Å². The normalized spacial score (nSPS) is 10.2. The van der Waals surface area contributed by atoms with Gasteiger partial charge in [0.15, 0.2) is 11.6 Å². The van der Waals surface area contributed by atoms with E-state index in [1.54, 1.807) is 44.6 Å². The summed E-state index contributed by atoms with van der Waals surface area (Å²) < 4.78 is 29.8. The van der Waals surface area contributed by atoms with Crippen molar-refractivity contribution in [2.75, 3.05) is 14.2 Å². The van der Waals surface area contributed by atoms with Gasteiger partial charge in [0.1, 0.15) is 17.2 Å². The molecule has 0 bridgehead atoms. The van der Waals surface area contributed by atoms with Gasteiger partial charge in [-0.1, -0.05) is 28.1 Å². The number of rotatable bonds is 5. The molecule has 0 unspecified atom stereocenters. The molecule has 106 valence electrons. The van der Waals surface area contributed by atoms with Gasteiger partial charge in [0.05, 0.1) is 14.2 Å². The Bertz CT molecular complexity index is 579. The number of hydrogen-bond acceptors (Lipinski definition) is 3. The molecule has 2 aromatic carbocycles. The first-order valence-corrected chi connectivity index (χ1v) is 7.04. The van der Waals surface area contributed by atoms with E-state index in [0.29, 0.717) is 22.6 Å². The Morgan fingerprint density at radius 3 is 2.15 bits per heavy atom. The van der Waals surface area contributed by atoms with Gasteiger partial charge in [-0.3, -0.25) is 0 Å². The zero-order valence-electron chi connectivity index (χ0n) is 11.2. The van der Waals surface area contributed by atoms with Crippen LogP contribution in [0.2, 0.25) is 0 Å². The van der Waals surface area contributed by atoms with Gasteiger partial charge in [-0.2, -0.15) is 0 Å². The summed E-state index contributed by atoms with van der Waals surface area (Å²) >= 11 is 3.32. The highest BCUT2D eigenvalue weighted by atomic mass is 79.9. The number of hydrogen-bond donors (Lipinski definition) is 0. The summed E-state index contributed by atoms with van der Waals surface area (Å²) in [7, 11) is 3.09. The van der Waals surface area contributed by atoms with Crippen molar-refractivity contribution in [3.8, 4) is 23.0 Å². The minimum atomic E-state index is -0.413. The first-order valence-electron chi connectivity index (χ1n) is 5.92. The van der Waals surface area contributed by atoms with Crippen LogP contribution in [0.5, 0.6) is 23.0 Å². The van der Waals surface area contributed by atoms with Crippen LogP contribution in [0.1, 0.15) is 5.56 Å². The van der Waals surface area contributed by atoms with Gasteiger partial charge in [-0.05, 0) is 6.07 Å². The largest absolute Gasteiger partial charge is 0.496 e. The van der Waals surface area contributed by atoms with Crippen LogP contribution in [0.15, 0.2) is 36.4 Å². The molecule has 0 aromatic heterocycles. The average molecular weight is 341 g/mol. The molecular weight excluding hydrogens is 327 g/mol. The summed E-state index contributed by atoms with van der Waals surface area (Å²) in [5, 5.41) is 0.501. The summed E-state index contributed by atoms with van der Waals surface area (Å²) in [5.74, 6) is 1.39. The summed E-state index contributed by atoms with van der Waals surface area (Å²) in [4.78, 5) is 0. The Hall–Kier alpha value is -1.75. The average Bonchev–Trinajstić information content (AvgIpc) is 2.48. The molecule has 2 rings (SSSR count). The number of alkyl halides is 1. The number of halogens is 2. The van der Waals surface area contributed by atoms with Crippen LogP contribution in [0.4, 0.5) is 4.39 Å². The van der Waals surface area contributed by atoms with Gasteiger partial charge in [0.25, 0.3) is 0 Å². The van der Waals surface area contributed by atoms with E-state index in [2.05, 4.69) is 15.9 Å². The molecular formula is C15H14BrFO3. The molecule has 0 amide bonds. The third-order valence-electron chi connectivity index (χ3n) is 2.74. The Balaban J connectivity index is 2.39. The van der Waals surface area contributed by atoms with Gasteiger partial charge in [0.2, 0.25) is 0 Å². The molecule has 0 heterocycles. The maximum Gasteiger partial charge on any atom is 0.167 e. The quantitative estimate of drug-likeness (QED) is 0.748. The number of methoxy groups -OCH3 is 2. The molecule has 0 aliphatic carbocycles. The Kier molecular flexibility index (Phi) is 4.84. The molecule has 0 saturated heterocycles. The number of para-hydroxylation sites is 1. The Labute approximate surface area is 125 Å². The fourth-order valence-corrected chi connectivity index (χ4v) is 2.17. The predicted molar refractivity (Wildman–Crippen MR) is 78.7 cm³/mol. The molecule has 3 nitrogen and oxygen atoms in total. The van der Waals surface area contributed by atoms with Crippen LogP contribution in [-0.4, -0.2) is 14.2 Å².